The number of aromatic nitrogens is 4. The molecule has 0 spiro atoms. The highest BCUT2D eigenvalue weighted by atomic mass is 35.5. The Labute approximate surface area is 159 Å². The van der Waals surface area contributed by atoms with Crippen LogP contribution in [0.4, 0.5) is 4.39 Å². The van der Waals surface area contributed by atoms with Gasteiger partial charge in [-0.3, -0.25) is 4.40 Å². The summed E-state index contributed by atoms with van der Waals surface area (Å²) < 4.78 is 15.1. The number of nitrogens with zero attached hydrogens (tertiary/aromatic N) is 4. The molecular formula is C19H14ClFN4S. The quantitative estimate of drug-likeness (QED) is 0.454. The average Bonchev–Trinajstić information content (AvgIpc) is 3.05. The summed E-state index contributed by atoms with van der Waals surface area (Å²) in [5.41, 5.74) is 3.72. The molecule has 0 unspecified atom stereocenters. The van der Waals surface area contributed by atoms with Crippen molar-refractivity contribution in [2.24, 2.45) is 0 Å². The number of benzene rings is 2. The molecule has 4 nitrogen and oxygen atoms in total. The largest absolute Gasteiger partial charge is 0.259 e. The van der Waals surface area contributed by atoms with Gasteiger partial charge < -0.3 is 0 Å². The number of halogens is 2. The van der Waals surface area contributed by atoms with Gasteiger partial charge in [0.25, 0.3) is 5.78 Å². The van der Waals surface area contributed by atoms with Gasteiger partial charge in [-0.15, -0.1) is 10.2 Å². The molecule has 0 aliphatic rings. The van der Waals surface area contributed by atoms with Gasteiger partial charge >= 0.3 is 0 Å². The van der Waals surface area contributed by atoms with Crippen molar-refractivity contribution in [3.05, 3.63) is 76.7 Å². The normalized spacial score (nSPS) is 11.2. The zero-order valence-electron chi connectivity index (χ0n) is 13.9. The third kappa shape index (κ3) is 3.43. The Bertz CT molecular complexity index is 1060. The first kappa shape index (κ1) is 17.0. The zero-order valence-corrected chi connectivity index (χ0v) is 15.4. The van der Waals surface area contributed by atoms with Crippen molar-refractivity contribution in [1.29, 1.82) is 0 Å². The minimum atomic E-state index is -0.269. The van der Waals surface area contributed by atoms with Crippen molar-refractivity contribution >= 4 is 29.1 Å². The van der Waals surface area contributed by atoms with Crippen molar-refractivity contribution in [2.75, 3.05) is 0 Å². The van der Waals surface area contributed by atoms with Gasteiger partial charge in [-0.05, 0) is 55.0 Å². The van der Waals surface area contributed by atoms with Crippen LogP contribution in [0.1, 0.15) is 11.3 Å². The van der Waals surface area contributed by atoms with Crippen LogP contribution >= 0.6 is 23.4 Å². The van der Waals surface area contributed by atoms with E-state index in [1.54, 1.807) is 23.9 Å². The molecule has 0 amide bonds. The van der Waals surface area contributed by atoms with Gasteiger partial charge in [0.2, 0.25) is 0 Å². The van der Waals surface area contributed by atoms with Crippen LogP contribution in [-0.2, 0) is 5.75 Å². The maximum absolute atomic E-state index is 13.1. The van der Waals surface area contributed by atoms with E-state index in [-0.39, 0.29) is 5.82 Å². The van der Waals surface area contributed by atoms with Gasteiger partial charge in [-0.25, -0.2) is 9.37 Å². The first-order chi connectivity index (χ1) is 12.6. The predicted molar refractivity (Wildman–Crippen MR) is 102 cm³/mol. The molecule has 2 heterocycles. The maximum Gasteiger partial charge on any atom is 0.256 e. The topological polar surface area (TPSA) is 43.1 Å². The molecule has 4 aromatic rings. The fourth-order valence-electron chi connectivity index (χ4n) is 2.64. The highest BCUT2D eigenvalue weighted by Crippen LogP contribution is 2.25. The monoisotopic (exact) mass is 384 g/mol. The average molecular weight is 385 g/mol. The van der Waals surface area contributed by atoms with Crippen LogP contribution in [0.15, 0.2) is 59.8 Å². The highest BCUT2D eigenvalue weighted by Gasteiger charge is 2.12. The second-order valence-corrected chi connectivity index (χ2v) is 7.20. The Kier molecular flexibility index (Phi) is 4.61. The lowest BCUT2D eigenvalue weighted by Gasteiger charge is -2.07. The van der Waals surface area contributed by atoms with Gasteiger partial charge in [0.05, 0.1) is 5.69 Å². The van der Waals surface area contributed by atoms with E-state index in [1.165, 1.54) is 12.1 Å². The fourth-order valence-corrected chi connectivity index (χ4v) is 3.70. The second kappa shape index (κ2) is 7.05. The molecule has 0 saturated carbocycles. The second-order valence-electron chi connectivity index (χ2n) is 5.82. The summed E-state index contributed by atoms with van der Waals surface area (Å²) in [6.45, 7) is 1.98. The molecule has 0 bridgehead atoms. The minimum absolute atomic E-state index is 0.269. The van der Waals surface area contributed by atoms with Crippen LogP contribution in [0.2, 0.25) is 5.02 Å². The van der Waals surface area contributed by atoms with Crippen molar-refractivity contribution in [2.45, 2.75) is 17.8 Å². The molecular weight excluding hydrogens is 371 g/mol. The number of aryl methyl sites for hydroxylation is 1. The molecule has 0 radical (unpaired) electrons. The van der Waals surface area contributed by atoms with Gasteiger partial charge in [0.15, 0.2) is 5.16 Å². The van der Waals surface area contributed by atoms with Gasteiger partial charge in [0.1, 0.15) is 5.82 Å². The summed E-state index contributed by atoms with van der Waals surface area (Å²) in [4.78, 5) is 4.56. The van der Waals surface area contributed by atoms with Crippen LogP contribution in [0, 0.1) is 12.7 Å². The van der Waals surface area contributed by atoms with E-state index in [2.05, 4.69) is 15.2 Å². The maximum atomic E-state index is 13.1. The third-order valence-electron chi connectivity index (χ3n) is 3.96. The summed E-state index contributed by atoms with van der Waals surface area (Å²) in [7, 11) is 0. The van der Waals surface area contributed by atoms with Crippen LogP contribution in [0.5, 0.6) is 0 Å². The van der Waals surface area contributed by atoms with E-state index in [9.17, 15) is 4.39 Å². The first-order valence-corrected chi connectivity index (χ1v) is 9.32. The van der Waals surface area contributed by atoms with E-state index in [0.717, 1.165) is 38.4 Å². The summed E-state index contributed by atoms with van der Waals surface area (Å²) in [6.07, 6.45) is 0. The molecule has 2 aromatic heterocycles. The lowest BCUT2D eigenvalue weighted by molar-refractivity contribution is 0.628. The number of thioether (sulfide) groups is 1. The number of hydrogen-bond donors (Lipinski definition) is 0. The standard InChI is InChI=1S/C19H14ClFN4S/c1-12-10-17(14-4-8-16(21)9-5-14)22-18-23-24-19(25(12)18)26-11-13-2-6-15(20)7-3-13/h2-10H,11H2,1H3. The van der Waals surface area contributed by atoms with Crippen LogP contribution < -0.4 is 0 Å². The SMILES string of the molecule is Cc1cc(-c2ccc(F)cc2)nc2nnc(SCc3ccc(Cl)cc3)n12. The van der Waals surface area contributed by atoms with E-state index >= 15 is 0 Å². The first-order valence-electron chi connectivity index (χ1n) is 7.96. The van der Waals surface area contributed by atoms with Crippen molar-refractivity contribution < 1.29 is 4.39 Å². The Morgan fingerprint density at radius 1 is 1.04 bits per heavy atom. The molecule has 0 aliphatic heterocycles. The van der Waals surface area contributed by atoms with Crippen LogP contribution in [0.3, 0.4) is 0 Å². The molecule has 7 heteroatoms. The molecule has 0 aliphatic carbocycles. The third-order valence-corrected chi connectivity index (χ3v) is 5.21. The van der Waals surface area contributed by atoms with Gasteiger partial charge in [0, 0.05) is 22.0 Å². The highest BCUT2D eigenvalue weighted by molar-refractivity contribution is 7.98. The van der Waals surface area contributed by atoms with Crippen molar-refractivity contribution in [3.8, 4) is 11.3 Å². The molecule has 26 heavy (non-hydrogen) atoms. The summed E-state index contributed by atoms with van der Waals surface area (Å²) in [5, 5.41) is 9.97. The van der Waals surface area contributed by atoms with Crippen molar-refractivity contribution in [3.63, 3.8) is 0 Å². The Balaban J connectivity index is 1.63. The molecule has 0 fully saturated rings. The Morgan fingerprint density at radius 2 is 1.77 bits per heavy atom. The lowest BCUT2D eigenvalue weighted by Crippen LogP contribution is -1.98. The van der Waals surface area contributed by atoms with E-state index in [0.29, 0.717) is 5.78 Å². The predicted octanol–water partition coefficient (Wildman–Crippen LogP) is 5.18. The smallest absolute Gasteiger partial charge is 0.256 e. The number of rotatable bonds is 4. The number of fused-ring (bicyclic) bond motifs is 1. The van der Waals surface area contributed by atoms with Crippen LogP contribution in [-0.4, -0.2) is 19.6 Å². The summed E-state index contributed by atoms with van der Waals surface area (Å²) in [6, 6.07) is 16.0. The number of hydrogen-bond acceptors (Lipinski definition) is 4. The van der Waals surface area contributed by atoms with Gasteiger partial charge in [-0.1, -0.05) is 35.5 Å². The lowest BCUT2D eigenvalue weighted by atomic mass is 10.1. The molecule has 0 N–H and O–H groups in total. The molecule has 0 saturated heterocycles. The molecule has 2 aromatic carbocycles. The molecule has 4 rings (SSSR count). The minimum Gasteiger partial charge on any atom is -0.259 e. The molecule has 0 atom stereocenters. The zero-order chi connectivity index (χ0) is 18.1. The van der Waals surface area contributed by atoms with E-state index in [1.807, 2.05) is 41.7 Å². The van der Waals surface area contributed by atoms with E-state index < -0.39 is 0 Å². The van der Waals surface area contributed by atoms with Gasteiger partial charge in [-0.2, -0.15) is 0 Å². The van der Waals surface area contributed by atoms with Crippen LogP contribution in [0.25, 0.3) is 17.0 Å². The van der Waals surface area contributed by atoms with E-state index in [4.69, 9.17) is 11.6 Å². The summed E-state index contributed by atoms with van der Waals surface area (Å²) >= 11 is 7.51. The van der Waals surface area contributed by atoms with Crippen molar-refractivity contribution in [1.82, 2.24) is 19.6 Å². The summed E-state index contributed by atoms with van der Waals surface area (Å²) in [5.74, 6) is 1.02. The Hall–Kier alpha value is -2.44. The Morgan fingerprint density at radius 3 is 2.50 bits per heavy atom. The fraction of sp³-hybridized carbons (Fsp3) is 0.105. The molecule has 130 valence electrons.